The number of hydrogen-bond acceptors (Lipinski definition) is 3. The van der Waals surface area contributed by atoms with Crippen molar-refractivity contribution in [2.75, 3.05) is 0 Å². The van der Waals surface area contributed by atoms with Gasteiger partial charge in [-0.1, -0.05) is 26.0 Å². The SMILES string of the molecule is Cc1cnc(Oc2ccc(C3C(C)CC4CC(C)CC3C4)cc2)c(F)c1.O=CO. The van der Waals surface area contributed by atoms with Gasteiger partial charge < -0.3 is 9.84 Å². The Morgan fingerprint density at radius 1 is 1.14 bits per heavy atom. The van der Waals surface area contributed by atoms with Crippen molar-refractivity contribution in [1.29, 1.82) is 0 Å². The standard InChI is InChI=1S/C23H28FNO.CH2O2/c1-14-8-17-11-16(3)22(19(9-14)12-17)18-4-6-20(7-5-18)26-23-21(24)10-15(2)13-25-23;2-1-3/h4-7,10,13-14,16-17,19,22H,8-9,11-12H2,1-3H3;1H,(H,2,3). The Morgan fingerprint density at radius 2 is 1.83 bits per heavy atom. The molecule has 5 unspecified atom stereocenters. The summed E-state index contributed by atoms with van der Waals surface area (Å²) in [5.74, 6) is 4.21. The van der Waals surface area contributed by atoms with E-state index < -0.39 is 5.82 Å². The summed E-state index contributed by atoms with van der Waals surface area (Å²) in [4.78, 5) is 12.4. The van der Waals surface area contributed by atoms with Gasteiger partial charge in [-0.05, 0) is 91.5 Å². The summed E-state index contributed by atoms with van der Waals surface area (Å²) >= 11 is 0. The summed E-state index contributed by atoms with van der Waals surface area (Å²) in [7, 11) is 0. The lowest BCUT2D eigenvalue weighted by Gasteiger charge is -2.46. The van der Waals surface area contributed by atoms with Gasteiger partial charge in [0.1, 0.15) is 5.75 Å². The number of pyridine rings is 1. The molecule has 2 aromatic rings. The first-order valence-corrected chi connectivity index (χ1v) is 10.4. The van der Waals surface area contributed by atoms with Crippen LogP contribution < -0.4 is 4.74 Å². The number of rotatable bonds is 3. The van der Waals surface area contributed by atoms with Crippen molar-refractivity contribution in [3.05, 3.63) is 53.5 Å². The first kappa shape index (κ1) is 21.3. The fourth-order valence-corrected chi connectivity index (χ4v) is 5.49. The summed E-state index contributed by atoms with van der Waals surface area (Å²) < 4.78 is 19.6. The molecule has 2 fully saturated rings. The topological polar surface area (TPSA) is 59.4 Å². The maximum absolute atomic E-state index is 13.9. The predicted molar refractivity (Wildman–Crippen MR) is 111 cm³/mol. The van der Waals surface area contributed by atoms with Crippen LogP contribution in [0.4, 0.5) is 4.39 Å². The van der Waals surface area contributed by atoms with Crippen molar-refractivity contribution in [2.45, 2.75) is 52.4 Å². The molecule has 29 heavy (non-hydrogen) atoms. The largest absolute Gasteiger partial charge is 0.483 e. The Labute approximate surface area is 172 Å². The predicted octanol–water partition coefficient (Wildman–Crippen LogP) is 6.20. The zero-order valence-electron chi connectivity index (χ0n) is 17.3. The number of carboxylic acid groups (broad SMARTS) is 1. The van der Waals surface area contributed by atoms with Crippen molar-refractivity contribution >= 4 is 6.47 Å². The smallest absolute Gasteiger partial charge is 0.290 e. The number of benzene rings is 1. The third kappa shape index (κ3) is 5.14. The minimum Gasteiger partial charge on any atom is -0.483 e. The average Bonchev–Trinajstić information content (AvgIpc) is 2.65. The second-order valence-electron chi connectivity index (χ2n) is 8.75. The molecule has 0 radical (unpaired) electrons. The lowest BCUT2D eigenvalue weighted by atomic mass is 9.59. The van der Waals surface area contributed by atoms with Crippen molar-refractivity contribution in [2.24, 2.45) is 23.7 Å². The Bertz CT molecular complexity index is 819. The lowest BCUT2D eigenvalue weighted by Crippen LogP contribution is -2.35. The molecule has 1 aromatic carbocycles. The van der Waals surface area contributed by atoms with E-state index in [1.807, 2.05) is 19.1 Å². The van der Waals surface area contributed by atoms with E-state index in [0.29, 0.717) is 11.7 Å². The van der Waals surface area contributed by atoms with Crippen molar-refractivity contribution < 1.29 is 19.0 Å². The highest BCUT2D eigenvalue weighted by molar-refractivity contribution is 5.34. The highest BCUT2D eigenvalue weighted by Crippen LogP contribution is 2.52. The van der Waals surface area contributed by atoms with Crippen LogP contribution in [0.5, 0.6) is 11.6 Å². The van der Waals surface area contributed by atoms with E-state index in [0.717, 1.165) is 29.2 Å². The second-order valence-corrected chi connectivity index (χ2v) is 8.75. The normalized spacial score (nSPS) is 28.1. The number of ether oxygens (including phenoxy) is 1. The number of nitrogens with zero attached hydrogens (tertiary/aromatic N) is 1. The van der Waals surface area contributed by atoms with E-state index in [4.69, 9.17) is 14.6 Å². The number of fused-ring (bicyclic) bond motifs is 2. The van der Waals surface area contributed by atoms with Gasteiger partial charge in [-0.3, -0.25) is 4.79 Å². The minimum atomic E-state index is -0.419. The molecule has 1 heterocycles. The van der Waals surface area contributed by atoms with Crippen LogP contribution in [0.25, 0.3) is 0 Å². The molecule has 2 aliphatic rings. The summed E-state index contributed by atoms with van der Waals surface area (Å²) in [5, 5.41) is 6.89. The van der Waals surface area contributed by atoms with E-state index in [1.165, 1.54) is 37.3 Å². The first-order chi connectivity index (χ1) is 13.9. The van der Waals surface area contributed by atoms with E-state index in [9.17, 15) is 4.39 Å². The Morgan fingerprint density at radius 3 is 2.48 bits per heavy atom. The third-order valence-corrected chi connectivity index (χ3v) is 6.33. The number of halogens is 1. The molecule has 5 heteroatoms. The number of carbonyl (C=O) groups is 1. The van der Waals surface area contributed by atoms with Gasteiger partial charge in [0.2, 0.25) is 0 Å². The summed E-state index contributed by atoms with van der Waals surface area (Å²) in [5.41, 5.74) is 2.19. The van der Waals surface area contributed by atoms with Gasteiger partial charge in [-0.25, -0.2) is 9.37 Å². The summed E-state index contributed by atoms with van der Waals surface area (Å²) in [6, 6.07) is 9.70. The second kappa shape index (κ2) is 9.38. The van der Waals surface area contributed by atoms with Gasteiger partial charge in [-0.2, -0.15) is 0 Å². The Kier molecular flexibility index (Phi) is 6.88. The minimum absolute atomic E-state index is 0.0401. The van der Waals surface area contributed by atoms with Crippen LogP contribution in [-0.4, -0.2) is 16.6 Å². The molecule has 0 amide bonds. The molecule has 5 atom stereocenters. The quantitative estimate of drug-likeness (QED) is 0.625. The maximum atomic E-state index is 13.9. The van der Waals surface area contributed by atoms with E-state index in [2.05, 4.69) is 31.0 Å². The molecule has 2 aliphatic carbocycles. The zero-order chi connectivity index (χ0) is 21.0. The molecule has 0 spiro atoms. The summed E-state index contributed by atoms with van der Waals surface area (Å²) in [6.45, 7) is 6.39. The zero-order valence-corrected chi connectivity index (χ0v) is 17.3. The first-order valence-electron chi connectivity index (χ1n) is 10.4. The van der Waals surface area contributed by atoms with E-state index in [-0.39, 0.29) is 12.4 Å². The van der Waals surface area contributed by atoms with Crippen LogP contribution in [0.3, 0.4) is 0 Å². The molecule has 2 bridgehead atoms. The van der Waals surface area contributed by atoms with Crippen LogP contribution in [0.2, 0.25) is 0 Å². The van der Waals surface area contributed by atoms with E-state index in [1.54, 1.807) is 6.20 Å². The van der Waals surface area contributed by atoms with Crippen LogP contribution >= 0.6 is 0 Å². The molecule has 1 aromatic heterocycles. The molecule has 0 aliphatic heterocycles. The third-order valence-electron chi connectivity index (χ3n) is 6.33. The van der Waals surface area contributed by atoms with Crippen LogP contribution in [0.15, 0.2) is 36.5 Å². The Balaban J connectivity index is 0.000000755. The van der Waals surface area contributed by atoms with Gasteiger partial charge in [0.15, 0.2) is 5.82 Å². The van der Waals surface area contributed by atoms with Gasteiger partial charge in [0.25, 0.3) is 12.4 Å². The molecule has 156 valence electrons. The van der Waals surface area contributed by atoms with Crippen LogP contribution in [0.1, 0.15) is 56.6 Å². The Hall–Kier alpha value is -2.43. The van der Waals surface area contributed by atoms with E-state index >= 15 is 0 Å². The molecular weight excluding hydrogens is 369 g/mol. The van der Waals surface area contributed by atoms with Gasteiger partial charge in [0.05, 0.1) is 0 Å². The van der Waals surface area contributed by atoms with Crippen molar-refractivity contribution in [1.82, 2.24) is 4.98 Å². The fourth-order valence-electron chi connectivity index (χ4n) is 5.49. The van der Waals surface area contributed by atoms with Crippen LogP contribution in [0, 0.1) is 36.4 Å². The molecule has 4 rings (SSSR count). The molecule has 1 N–H and O–H groups in total. The van der Waals surface area contributed by atoms with Crippen molar-refractivity contribution in [3.63, 3.8) is 0 Å². The molecule has 4 nitrogen and oxygen atoms in total. The lowest BCUT2D eigenvalue weighted by molar-refractivity contribution is -0.122. The number of aromatic nitrogens is 1. The molecule has 0 saturated heterocycles. The highest BCUT2D eigenvalue weighted by Gasteiger charge is 2.40. The van der Waals surface area contributed by atoms with Gasteiger partial charge in [-0.15, -0.1) is 0 Å². The number of hydrogen-bond donors (Lipinski definition) is 1. The number of aryl methyl sites for hydroxylation is 1. The molecule has 2 saturated carbocycles. The molecular formula is C24H30FNO3. The van der Waals surface area contributed by atoms with Crippen molar-refractivity contribution in [3.8, 4) is 11.6 Å². The van der Waals surface area contributed by atoms with Gasteiger partial charge >= 0.3 is 0 Å². The summed E-state index contributed by atoms with van der Waals surface area (Å²) in [6.07, 6.45) is 7.12. The fraction of sp³-hybridized carbons (Fsp3) is 0.500. The van der Waals surface area contributed by atoms with Crippen LogP contribution in [-0.2, 0) is 4.79 Å². The average molecular weight is 400 g/mol. The highest BCUT2D eigenvalue weighted by atomic mass is 19.1. The monoisotopic (exact) mass is 399 g/mol. The maximum Gasteiger partial charge on any atom is 0.290 e. The van der Waals surface area contributed by atoms with Gasteiger partial charge in [0, 0.05) is 6.20 Å².